The number of nitro benzene ring substituents is 1. The van der Waals surface area contributed by atoms with Gasteiger partial charge in [-0.25, -0.2) is 0 Å². The summed E-state index contributed by atoms with van der Waals surface area (Å²) in [6.07, 6.45) is -0.713. The summed E-state index contributed by atoms with van der Waals surface area (Å²) in [6, 6.07) is 5.71. The summed E-state index contributed by atoms with van der Waals surface area (Å²) in [5.74, 6) is 0.0462. The first kappa shape index (κ1) is 11.9. The lowest BCUT2D eigenvalue weighted by molar-refractivity contribution is -0.385. The van der Waals surface area contributed by atoms with Gasteiger partial charge >= 0.3 is 5.69 Å². The quantitative estimate of drug-likeness (QED) is 0.610. The molecule has 6 nitrogen and oxygen atoms in total. The number of nitrogens with zero attached hydrogens (tertiary/aromatic N) is 2. The Labute approximate surface area is 91.8 Å². The Hall–Kier alpha value is -2.13. The standard InChI is InChI=1S/C10H10N2O4/c1-7(13)6-16-10-3-2-8(5-11)4-9(10)12(14)15/h2-4,7,13H,6H2,1H3/t7-/m0/s1. The number of hydrogen-bond acceptors (Lipinski definition) is 5. The Morgan fingerprint density at radius 1 is 1.69 bits per heavy atom. The molecule has 0 aliphatic rings. The number of benzene rings is 1. The van der Waals surface area contributed by atoms with Crippen LogP contribution in [0.15, 0.2) is 18.2 Å². The molecule has 0 spiro atoms. The minimum atomic E-state index is -0.713. The van der Waals surface area contributed by atoms with Gasteiger partial charge in [0.25, 0.3) is 0 Å². The van der Waals surface area contributed by atoms with Crippen LogP contribution in [0.25, 0.3) is 0 Å². The van der Waals surface area contributed by atoms with Gasteiger partial charge in [0.1, 0.15) is 6.61 Å². The van der Waals surface area contributed by atoms with Gasteiger partial charge in [0.15, 0.2) is 5.75 Å². The van der Waals surface area contributed by atoms with Crippen molar-refractivity contribution in [2.24, 2.45) is 0 Å². The average Bonchev–Trinajstić information content (AvgIpc) is 2.25. The van der Waals surface area contributed by atoms with Gasteiger partial charge in [0, 0.05) is 6.07 Å². The molecule has 0 aliphatic heterocycles. The van der Waals surface area contributed by atoms with Crippen LogP contribution in [0.5, 0.6) is 5.75 Å². The molecule has 1 aromatic rings. The highest BCUT2D eigenvalue weighted by Crippen LogP contribution is 2.27. The fraction of sp³-hybridized carbons (Fsp3) is 0.300. The summed E-state index contributed by atoms with van der Waals surface area (Å²) in [7, 11) is 0. The molecule has 0 bridgehead atoms. The van der Waals surface area contributed by atoms with Crippen LogP contribution >= 0.6 is 0 Å². The van der Waals surface area contributed by atoms with Gasteiger partial charge in [-0.15, -0.1) is 0 Å². The minimum Gasteiger partial charge on any atom is -0.484 e. The average molecular weight is 222 g/mol. The second-order valence-electron chi connectivity index (χ2n) is 3.21. The van der Waals surface area contributed by atoms with Gasteiger partial charge in [-0.1, -0.05) is 0 Å². The van der Waals surface area contributed by atoms with E-state index >= 15 is 0 Å². The summed E-state index contributed by atoms with van der Waals surface area (Å²) < 4.78 is 5.06. The third kappa shape index (κ3) is 2.93. The van der Waals surface area contributed by atoms with Crippen molar-refractivity contribution >= 4 is 5.69 Å². The maximum atomic E-state index is 10.7. The number of rotatable bonds is 4. The SMILES string of the molecule is C[C@H](O)COc1ccc(C#N)cc1[N+](=O)[O-]. The molecule has 0 saturated carbocycles. The lowest BCUT2D eigenvalue weighted by Crippen LogP contribution is -2.13. The first-order valence-electron chi connectivity index (χ1n) is 4.54. The van der Waals surface area contributed by atoms with E-state index in [1.165, 1.54) is 19.1 Å². The zero-order valence-corrected chi connectivity index (χ0v) is 8.58. The lowest BCUT2D eigenvalue weighted by atomic mass is 10.2. The van der Waals surface area contributed by atoms with E-state index in [2.05, 4.69) is 0 Å². The van der Waals surface area contributed by atoms with E-state index in [9.17, 15) is 10.1 Å². The number of ether oxygens (including phenoxy) is 1. The summed E-state index contributed by atoms with van der Waals surface area (Å²) in [5, 5.41) is 28.3. The van der Waals surface area contributed by atoms with E-state index in [1.807, 2.05) is 0 Å². The number of nitriles is 1. The highest BCUT2D eigenvalue weighted by Gasteiger charge is 2.16. The largest absolute Gasteiger partial charge is 0.484 e. The molecular weight excluding hydrogens is 212 g/mol. The van der Waals surface area contributed by atoms with E-state index < -0.39 is 11.0 Å². The maximum absolute atomic E-state index is 10.7. The fourth-order valence-electron chi connectivity index (χ4n) is 1.06. The van der Waals surface area contributed by atoms with Gasteiger partial charge in [0.2, 0.25) is 0 Å². The molecule has 0 aliphatic carbocycles. The third-order valence-corrected chi connectivity index (χ3v) is 1.76. The first-order chi connectivity index (χ1) is 7.54. The minimum absolute atomic E-state index is 0.0350. The van der Waals surface area contributed by atoms with Crippen LogP contribution < -0.4 is 4.74 Å². The van der Waals surface area contributed by atoms with E-state index in [0.717, 1.165) is 6.07 Å². The van der Waals surface area contributed by atoms with Gasteiger partial charge in [0.05, 0.1) is 22.7 Å². The predicted octanol–water partition coefficient (Wildman–Crippen LogP) is 1.23. The Kier molecular flexibility index (Phi) is 3.80. The van der Waals surface area contributed by atoms with Gasteiger partial charge in [-0.05, 0) is 19.1 Å². The van der Waals surface area contributed by atoms with Crippen molar-refractivity contribution in [1.82, 2.24) is 0 Å². The molecule has 0 saturated heterocycles. The molecule has 1 rings (SSSR count). The molecule has 6 heteroatoms. The topological polar surface area (TPSA) is 96.4 Å². The van der Waals surface area contributed by atoms with Crippen molar-refractivity contribution in [1.29, 1.82) is 5.26 Å². The normalized spacial score (nSPS) is 11.6. The van der Waals surface area contributed by atoms with Crippen molar-refractivity contribution in [3.05, 3.63) is 33.9 Å². The van der Waals surface area contributed by atoms with Crippen molar-refractivity contribution in [2.45, 2.75) is 13.0 Å². The zero-order chi connectivity index (χ0) is 12.1. The van der Waals surface area contributed by atoms with Gasteiger partial charge in [-0.2, -0.15) is 5.26 Å². The zero-order valence-electron chi connectivity index (χ0n) is 8.58. The number of aliphatic hydroxyl groups excluding tert-OH is 1. The van der Waals surface area contributed by atoms with Crippen LogP contribution in [0.1, 0.15) is 12.5 Å². The van der Waals surface area contributed by atoms with Crippen LogP contribution in [0.3, 0.4) is 0 Å². The molecule has 1 N–H and O–H groups in total. The molecule has 0 radical (unpaired) electrons. The van der Waals surface area contributed by atoms with Crippen LogP contribution in [0.4, 0.5) is 5.69 Å². The summed E-state index contributed by atoms with van der Waals surface area (Å²) in [5.41, 5.74) is -0.0872. The smallest absolute Gasteiger partial charge is 0.312 e. The molecule has 0 amide bonds. The van der Waals surface area contributed by atoms with Crippen molar-refractivity contribution in [2.75, 3.05) is 6.61 Å². The molecule has 0 fully saturated rings. The van der Waals surface area contributed by atoms with E-state index in [-0.39, 0.29) is 23.6 Å². The summed E-state index contributed by atoms with van der Waals surface area (Å²) in [6.45, 7) is 1.47. The molecule has 0 aromatic heterocycles. The Morgan fingerprint density at radius 2 is 2.38 bits per heavy atom. The summed E-state index contributed by atoms with van der Waals surface area (Å²) >= 11 is 0. The lowest BCUT2D eigenvalue weighted by Gasteiger charge is -2.08. The number of aliphatic hydroxyl groups is 1. The molecular formula is C10H10N2O4. The number of nitro groups is 1. The molecule has 1 atom stereocenters. The predicted molar refractivity (Wildman–Crippen MR) is 55.0 cm³/mol. The van der Waals surface area contributed by atoms with Crippen LogP contribution in [-0.4, -0.2) is 22.7 Å². The Balaban J connectivity index is 3.00. The van der Waals surface area contributed by atoms with E-state index in [4.69, 9.17) is 15.1 Å². The highest BCUT2D eigenvalue weighted by atomic mass is 16.6. The fourth-order valence-corrected chi connectivity index (χ4v) is 1.06. The van der Waals surface area contributed by atoms with Crippen molar-refractivity contribution < 1.29 is 14.8 Å². The van der Waals surface area contributed by atoms with E-state index in [1.54, 1.807) is 6.07 Å². The monoisotopic (exact) mass is 222 g/mol. The van der Waals surface area contributed by atoms with Crippen LogP contribution in [-0.2, 0) is 0 Å². The molecule has 1 aromatic carbocycles. The molecule has 16 heavy (non-hydrogen) atoms. The van der Waals surface area contributed by atoms with Gasteiger partial charge < -0.3 is 9.84 Å². The Morgan fingerprint density at radius 3 is 2.88 bits per heavy atom. The Bertz CT molecular complexity index is 437. The van der Waals surface area contributed by atoms with E-state index in [0.29, 0.717) is 0 Å². The first-order valence-corrected chi connectivity index (χ1v) is 4.54. The van der Waals surface area contributed by atoms with Crippen LogP contribution in [0.2, 0.25) is 0 Å². The molecule has 0 heterocycles. The van der Waals surface area contributed by atoms with Gasteiger partial charge in [-0.3, -0.25) is 10.1 Å². The molecule has 0 unspecified atom stereocenters. The number of hydrogen-bond donors (Lipinski definition) is 1. The molecule has 84 valence electrons. The van der Waals surface area contributed by atoms with Crippen molar-refractivity contribution in [3.63, 3.8) is 0 Å². The summed E-state index contributed by atoms with van der Waals surface area (Å²) in [4.78, 5) is 10.1. The third-order valence-electron chi connectivity index (χ3n) is 1.76. The van der Waals surface area contributed by atoms with Crippen molar-refractivity contribution in [3.8, 4) is 11.8 Å². The highest BCUT2D eigenvalue weighted by molar-refractivity contribution is 5.51. The van der Waals surface area contributed by atoms with Crippen LogP contribution in [0, 0.1) is 21.4 Å². The maximum Gasteiger partial charge on any atom is 0.312 e. The second-order valence-corrected chi connectivity index (χ2v) is 3.21. The second kappa shape index (κ2) is 5.09.